The lowest BCUT2D eigenvalue weighted by atomic mass is 10.1. The van der Waals surface area contributed by atoms with Gasteiger partial charge < -0.3 is 11.5 Å². The lowest BCUT2D eigenvalue weighted by Crippen LogP contribution is -2.07. The topological polar surface area (TPSA) is 82.0 Å². The maximum absolute atomic E-state index is 10.6. The fourth-order valence-corrected chi connectivity index (χ4v) is 1.67. The smallest absolute Gasteiger partial charge is 0.221 e. The molecule has 0 aliphatic heterocycles. The van der Waals surface area contributed by atoms with Crippen molar-refractivity contribution in [2.45, 2.75) is 6.42 Å². The summed E-state index contributed by atoms with van der Waals surface area (Å²) in [7, 11) is 0. The van der Waals surface area contributed by atoms with Crippen LogP contribution in [-0.4, -0.2) is 10.9 Å². The molecule has 1 amide bonds. The van der Waals surface area contributed by atoms with Crippen molar-refractivity contribution in [3.8, 4) is 0 Å². The van der Waals surface area contributed by atoms with Crippen molar-refractivity contribution < 1.29 is 4.79 Å². The Hall–Kier alpha value is -2.36. The average Bonchev–Trinajstić information content (AvgIpc) is 2.32. The summed E-state index contributed by atoms with van der Waals surface area (Å²) in [5.41, 5.74) is 11.8. The molecule has 0 aliphatic carbocycles. The van der Waals surface area contributed by atoms with Crippen LogP contribution in [0.15, 0.2) is 36.5 Å². The number of hydrogen-bond acceptors (Lipinski definition) is 3. The molecular weight excluding hydrogens is 214 g/mol. The molecule has 0 saturated heterocycles. The number of amides is 1. The van der Waals surface area contributed by atoms with Crippen LogP contribution in [0, 0.1) is 0 Å². The average molecular weight is 227 g/mol. The molecule has 4 heteroatoms. The minimum atomic E-state index is -0.353. The molecule has 2 aromatic rings. The molecule has 0 saturated carbocycles. The van der Waals surface area contributed by atoms with Crippen molar-refractivity contribution >= 4 is 28.6 Å². The Bertz CT molecular complexity index is 590. The minimum Gasteiger partial charge on any atom is -0.383 e. The van der Waals surface area contributed by atoms with E-state index in [0.717, 1.165) is 16.3 Å². The number of nitrogens with zero attached hydrogens (tertiary/aromatic N) is 1. The number of benzene rings is 1. The van der Waals surface area contributed by atoms with Crippen LogP contribution in [0.2, 0.25) is 0 Å². The Morgan fingerprint density at radius 2 is 2.00 bits per heavy atom. The van der Waals surface area contributed by atoms with E-state index in [0.29, 0.717) is 5.82 Å². The van der Waals surface area contributed by atoms with Crippen LogP contribution < -0.4 is 11.5 Å². The minimum absolute atomic E-state index is 0.221. The number of carbonyl (C=O) groups excluding carboxylic acids is 1. The number of pyridine rings is 1. The van der Waals surface area contributed by atoms with Gasteiger partial charge in [0.2, 0.25) is 5.91 Å². The third kappa shape index (κ3) is 2.42. The van der Waals surface area contributed by atoms with Gasteiger partial charge >= 0.3 is 0 Å². The number of hydrogen-bond donors (Lipinski definition) is 2. The number of rotatable bonds is 3. The van der Waals surface area contributed by atoms with Crippen LogP contribution in [0.25, 0.3) is 16.8 Å². The molecule has 0 fully saturated rings. The summed E-state index contributed by atoms with van der Waals surface area (Å²) in [5, 5.41) is 1.93. The van der Waals surface area contributed by atoms with E-state index in [4.69, 9.17) is 11.5 Å². The van der Waals surface area contributed by atoms with E-state index in [1.54, 1.807) is 12.3 Å². The number of nitrogen functional groups attached to an aromatic ring is 1. The Balaban J connectivity index is 2.45. The van der Waals surface area contributed by atoms with Gasteiger partial charge in [0.25, 0.3) is 0 Å². The summed E-state index contributed by atoms with van der Waals surface area (Å²) in [6.45, 7) is 0. The predicted molar refractivity (Wildman–Crippen MR) is 69.0 cm³/mol. The van der Waals surface area contributed by atoms with E-state index >= 15 is 0 Å². The fraction of sp³-hybridized carbons (Fsp3) is 0.0769. The molecule has 1 heterocycles. The van der Waals surface area contributed by atoms with Crippen LogP contribution in [-0.2, 0) is 4.79 Å². The molecule has 0 spiro atoms. The van der Waals surface area contributed by atoms with Crippen molar-refractivity contribution in [1.29, 1.82) is 0 Å². The number of primary amides is 1. The van der Waals surface area contributed by atoms with Gasteiger partial charge in [-0.15, -0.1) is 0 Å². The fourth-order valence-electron chi connectivity index (χ4n) is 1.67. The van der Waals surface area contributed by atoms with E-state index < -0.39 is 0 Å². The number of aromatic nitrogens is 1. The number of fused-ring (bicyclic) bond motifs is 1. The standard InChI is InChI=1S/C13H13N3O/c14-12(17)7-3-4-9-8-16-13(15)11-6-2-1-5-10(9)11/h1-6,8H,7H2,(H2,14,17)(H2,15,16). The van der Waals surface area contributed by atoms with Crippen molar-refractivity contribution in [3.05, 3.63) is 42.1 Å². The quantitative estimate of drug-likeness (QED) is 0.837. The van der Waals surface area contributed by atoms with E-state index in [9.17, 15) is 4.79 Å². The summed E-state index contributed by atoms with van der Waals surface area (Å²) in [6, 6.07) is 7.74. The van der Waals surface area contributed by atoms with E-state index in [2.05, 4.69) is 4.98 Å². The van der Waals surface area contributed by atoms with Crippen LogP contribution in [0.5, 0.6) is 0 Å². The first-order valence-corrected chi connectivity index (χ1v) is 5.26. The summed E-state index contributed by atoms with van der Waals surface area (Å²) in [4.78, 5) is 14.8. The van der Waals surface area contributed by atoms with Gasteiger partial charge in [0.1, 0.15) is 5.82 Å². The molecule has 86 valence electrons. The molecule has 4 nitrogen and oxygen atoms in total. The van der Waals surface area contributed by atoms with Gasteiger partial charge in [0.05, 0.1) is 0 Å². The number of carbonyl (C=O) groups is 1. The summed E-state index contributed by atoms with van der Waals surface area (Å²) in [5.74, 6) is 0.154. The zero-order valence-corrected chi connectivity index (χ0v) is 9.26. The van der Waals surface area contributed by atoms with Crippen LogP contribution >= 0.6 is 0 Å². The summed E-state index contributed by atoms with van der Waals surface area (Å²) >= 11 is 0. The maximum atomic E-state index is 10.6. The Morgan fingerprint density at radius 3 is 2.71 bits per heavy atom. The molecule has 0 radical (unpaired) electrons. The third-order valence-corrected chi connectivity index (χ3v) is 2.47. The molecule has 0 unspecified atom stereocenters. The normalized spacial score (nSPS) is 11.1. The van der Waals surface area contributed by atoms with Gasteiger partial charge in [-0.1, -0.05) is 36.4 Å². The highest BCUT2D eigenvalue weighted by molar-refractivity contribution is 5.96. The summed E-state index contributed by atoms with van der Waals surface area (Å²) in [6.07, 6.45) is 5.47. The molecular formula is C13H13N3O. The van der Waals surface area contributed by atoms with Crippen LogP contribution in [0.3, 0.4) is 0 Å². The van der Waals surface area contributed by atoms with Crippen LogP contribution in [0.4, 0.5) is 5.82 Å². The molecule has 0 bridgehead atoms. The first-order chi connectivity index (χ1) is 8.18. The second-order valence-electron chi connectivity index (χ2n) is 3.72. The second kappa shape index (κ2) is 4.65. The molecule has 1 aromatic heterocycles. The second-order valence-corrected chi connectivity index (χ2v) is 3.72. The Kier molecular flexibility index (Phi) is 3.05. The highest BCUT2D eigenvalue weighted by Crippen LogP contribution is 2.23. The van der Waals surface area contributed by atoms with Crippen molar-refractivity contribution in [2.75, 3.05) is 5.73 Å². The van der Waals surface area contributed by atoms with Gasteiger partial charge in [0, 0.05) is 23.6 Å². The van der Waals surface area contributed by atoms with Gasteiger partial charge in [-0.2, -0.15) is 0 Å². The van der Waals surface area contributed by atoms with Gasteiger partial charge in [-0.3, -0.25) is 4.79 Å². The summed E-state index contributed by atoms with van der Waals surface area (Å²) < 4.78 is 0. The van der Waals surface area contributed by atoms with Crippen molar-refractivity contribution in [2.24, 2.45) is 5.73 Å². The number of nitrogens with two attached hydrogens (primary N) is 2. The highest BCUT2D eigenvalue weighted by Gasteiger charge is 2.01. The van der Waals surface area contributed by atoms with Gasteiger partial charge in [0.15, 0.2) is 0 Å². The third-order valence-electron chi connectivity index (χ3n) is 2.47. The Labute approximate surface area is 98.9 Å². The zero-order valence-electron chi connectivity index (χ0n) is 9.26. The van der Waals surface area contributed by atoms with Crippen molar-refractivity contribution in [3.63, 3.8) is 0 Å². The molecule has 0 aliphatic rings. The first kappa shape index (κ1) is 11.1. The van der Waals surface area contributed by atoms with E-state index in [1.165, 1.54) is 0 Å². The maximum Gasteiger partial charge on any atom is 0.221 e. The predicted octanol–water partition coefficient (Wildman–Crippen LogP) is 1.71. The molecule has 0 atom stereocenters. The zero-order chi connectivity index (χ0) is 12.3. The lowest BCUT2D eigenvalue weighted by Gasteiger charge is -2.04. The van der Waals surface area contributed by atoms with Crippen LogP contribution in [0.1, 0.15) is 12.0 Å². The lowest BCUT2D eigenvalue weighted by molar-refractivity contribution is -0.117. The first-order valence-electron chi connectivity index (χ1n) is 5.26. The van der Waals surface area contributed by atoms with Crippen molar-refractivity contribution in [1.82, 2.24) is 4.98 Å². The van der Waals surface area contributed by atoms with E-state index in [-0.39, 0.29) is 12.3 Å². The van der Waals surface area contributed by atoms with Gasteiger partial charge in [-0.05, 0) is 5.39 Å². The molecule has 4 N–H and O–H groups in total. The monoisotopic (exact) mass is 227 g/mol. The largest absolute Gasteiger partial charge is 0.383 e. The Morgan fingerprint density at radius 1 is 1.29 bits per heavy atom. The van der Waals surface area contributed by atoms with E-state index in [1.807, 2.05) is 30.3 Å². The number of anilines is 1. The highest BCUT2D eigenvalue weighted by atomic mass is 16.1. The molecule has 2 rings (SSSR count). The molecule has 1 aromatic carbocycles. The molecule has 17 heavy (non-hydrogen) atoms. The van der Waals surface area contributed by atoms with Gasteiger partial charge in [-0.25, -0.2) is 4.98 Å². The SMILES string of the molecule is NC(=O)CC=Cc1cnc(N)c2ccccc12.